The summed E-state index contributed by atoms with van der Waals surface area (Å²) in [5.74, 6) is 0. The molecule has 0 spiro atoms. The number of nitrogens with zero attached hydrogens (tertiary/aromatic N) is 10. The zero-order valence-electron chi connectivity index (χ0n) is 34.4. The monoisotopic (exact) mass is 826 g/mol. The second-order valence-electron chi connectivity index (χ2n) is 15.5. The lowest BCUT2D eigenvalue weighted by Crippen LogP contribution is -2.45. The van der Waals surface area contributed by atoms with Gasteiger partial charge in [-0.25, -0.2) is 19.9 Å². The van der Waals surface area contributed by atoms with E-state index in [0.717, 1.165) is 41.7 Å². The van der Waals surface area contributed by atoms with E-state index in [1.165, 1.54) is 0 Å². The molecule has 0 atom stereocenters. The fraction of sp³-hybridized carbons (Fsp3) is 0.167. The molecular formula is C48H46N10O4+4. The van der Waals surface area contributed by atoms with E-state index in [1.807, 2.05) is 109 Å². The minimum absolute atomic E-state index is 0.332. The molecule has 8 aromatic heterocycles. The molecule has 0 saturated heterocycles. The van der Waals surface area contributed by atoms with Crippen LogP contribution in [0.15, 0.2) is 146 Å². The Kier molecular flexibility index (Phi) is 11.0. The summed E-state index contributed by atoms with van der Waals surface area (Å²) in [6, 6.07) is 45.4. The van der Waals surface area contributed by atoms with E-state index in [-0.39, 0.29) is 0 Å². The van der Waals surface area contributed by atoms with Gasteiger partial charge in [0.25, 0.3) is 0 Å². The van der Waals surface area contributed by atoms with Crippen molar-refractivity contribution in [3.8, 4) is 45.6 Å². The zero-order chi connectivity index (χ0) is 42.7. The van der Waals surface area contributed by atoms with E-state index < -0.39 is 0 Å². The Morgan fingerprint density at radius 2 is 0.645 bits per heavy atom. The van der Waals surface area contributed by atoms with Crippen molar-refractivity contribution in [3.63, 3.8) is 0 Å². The third-order valence-corrected chi connectivity index (χ3v) is 11.0. The van der Waals surface area contributed by atoms with Crippen LogP contribution in [-0.2, 0) is 39.3 Å². The average Bonchev–Trinajstić information content (AvgIpc) is 3.27. The van der Waals surface area contributed by atoms with Gasteiger partial charge in [0.2, 0.25) is 22.8 Å². The van der Waals surface area contributed by atoms with Gasteiger partial charge in [-0.15, -0.1) is 0 Å². The van der Waals surface area contributed by atoms with Crippen LogP contribution in [0.3, 0.4) is 0 Å². The molecule has 8 bridgehead atoms. The number of aryl methyl sites for hydroxylation is 2. The summed E-state index contributed by atoms with van der Waals surface area (Å²) in [4.78, 5) is 24.7. The van der Waals surface area contributed by atoms with Gasteiger partial charge in [-0.3, -0.25) is 30.6 Å². The Labute approximate surface area is 358 Å². The summed E-state index contributed by atoms with van der Waals surface area (Å²) in [5.41, 5.74) is 10.4. The fourth-order valence-corrected chi connectivity index (χ4v) is 7.88. The summed E-state index contributed by atoms with van der Waals surface area (Å²) < 4.78 is 4.39. The van der Waals surface area contributed by atoms with Gasteiger partial charge >= 0.3 is 22.8 Å². The molecule has 308 valence electrons. The van der Waals surface area contributed by atoms with E-state index >= 15 is 0 Å². The van der Waals surface area contributed by atoms with Crippen molar-refractivity contribution in [1.82, 2.24) is 29.7 Å². The Hall–Kier alpha value is -7.68. The number of hydrogen-bond acceptors (Lipinski definition) is 10. The van der Waals surface area contributed by atoms with Crippen molar-refractivity contribution in [2.75, 3.05) is 0 Å². The Bertz CT molecular complexity index is 2650. The molecule has 9 heterocycles. The molecule has 0 amide bonds. The van der Waals surface area contributed by atoms with Crippen molar-refractivity contribution < 1.29 is 39.8 Å². The van der Waals surface area contributed by atoms with E-state index in [2.05, 4.69) is 9.80 Å². The predicted octanol–water partition coefficient (Wildman–Crippen LogP) is 5.37. The fourth-order valence-electron chi connectivity index (χ4n) is 7.88. The van der Waals surface area contributed by atoms with Crippen molar-refractivity contribution in [2.24, 2.45) is 0 Å². The highest BCUT2D eigenvalue weighted by Gasteiger charge is 2.31. The van der Waals surface area contributed by atoms with Crippen LogP contribution in [0.1, 0.15) is 45.6 Å². The first-order chi connectivity index (χ1) is 30.2. The summed E-state index contributed by atoms with van der Waals surface area (Å²) in [6.07, 6.45) is 0. The van der Waals surface area contributed by atoms with Crippen molar-refractivity contribution in [3.05, 3.63) is 191 Å². The van der Waals surface area contributed by atoms with Crippen LogP contribution in [0.25, 0.3) is 45.6 Å². The maximum absolute atomic E-state index is 11.6. The topological polar surface area (TPSA) is 154 Å². The highest BCUT2D eigenvalue weighted by atomic mass is 16.5. The minimum atomic E-state index is 0.332. The van der Waals surface area contributed by atoms with Gasteiger partial charge in [-0.1, -0.05) is 24.3 Å². The molecule has 0 fully saturated rings. The molecule has 9 rings (SSSR count). The third kappa shape index (κ3) is 8.37. The Balaban J connectivity index is 1.09. The Morgan fingerprint density at radius 3 is 0.968 bits per heavy atom. The van der Waals surface area contributed by atoms with Crippen LogP contribution >= 0.6 is 0 Å². The molecule has 1 aliphatic rings. The molecule has 62 heavy (non-hydrogen) atoms. The second kappa shape index (κ2) is 17.1. The molecule has 0 aliphatic carbocycles. The van der Waals surface area contributed by atoms with Gasteiger partial charge in [0.15, 0.2) is 0 Å². The summed E-state index contributed by atoms with van der Waals surface area (Å²) in [7, 11) is 0. The van der Waals surface area contributed by atoms with Gasteiger partial charge in [0.1, 0.15) is 0 Å². The first-order valence-electron chi connectivity index (χ1n) is 20.3. The molecule has 0 aromatic carbocycles. The van der Waals surface area contributed by atoms with Crippen LogP contribution < -0.4 is 18.9 Å². The van der Waals surface area contributed by atoms with Crippen LogP contribution in [0, 0.1) is 13.8 Å². The normalized spacial score (nSPS) is 13.3. The quantitative estimate of drug-likeness (QED) is 0.127. The van der Waals surface area contributed by atoms with E-state index in [9.17, 15) is 20.8 Å². The number of fused-ring (bicyclic) bond motifs is 10. The number of aromatic nitrogens is 8. The molecule has 0 radical (unpaired) electrons. The van der Waals surface area contributed by atoms with E-state index in [0.29, 0.717) is 108 Å². The molecule has 14 nitrogen and oxygen atoms in total. The second-order valence-corrected chi connectivity index (χ2v) is 15.5. The van der Waals surface area contributed by atoms with E-state index in [4.69, 9.17) is 19.9 Å². The van der Waals surface area contributed by atoms with Gasteiger partial charge in [0.05, 0.1) is 58.6 Å². The lowest BCUT2D eigenvalue weighted by Gasteiger charge is -2.22. The number of hydrogen-bond donors (Lipinski definition) is 4. The molecule has 4 N–H and O–H groups in total. The molecular weight excluding hydrogens is 781 g/mol. The maximum atomic E-state index is 11.6. The lowest BCUT2D eigenvalue weighted by molar-refractivity contribution is -0.923. The molecule has 1 aliphatic heterocycles. The van der Waals surface area contributed by atoms with Gasteiger partial charge in [-0.2, -0.15) is 0 Å². The van der Waals surface area contributed by atoms with Crippen LogP contribution in [0.4, 0.5) is 0 Å². The smallest absolute Gasteiger partial charge is 0.284 e. The zero-order valence-corrected chi connectivity index (χ0v) is 34.4. The largest absolute Gasteiger partial charge is 0.333 e. The molecule has 0 unspecified atom stereocenters. The van der Waals surface area contributed by atoms with Crippen LogP contribution in [0.2, 0.25) is 0 Å². The first-order valence-corrected chi connectivity index (χ1v) is 20.3. The SMILES string of the molecule is Cc1cccc(-c2cccc(CN3Cc4cccc(n4)-c4cccc(n4)CN(Cc4cccc(-c5cccc(C)[n+]5O)[n+]4O)Cc4cccc(n4)-c4cccc(n4)C3)[n+]2O)[n+]1O. The first kappa shape index (κ1) is 39.8. The van der Waals surface area contributed by atoms with Crippen LogP contribution in [0.5, 0.6) is 0 Å². The average molecular weight is 827 g/mol. The number of rotatable bonds is 6. The van der Waals surface area contributed by atoms with E-state index in [1.54, 1.807) is 50.2 Å². The molecule has 0 saturated carbocycles. The Morgan fingerprint density at radius 1 is 0.371 bits per heavy atom. The van der Waals surface area contributed by atoms with Crippen molar-refractivity contribution in [1.29, 1.82) is 0 Å². The summed E-state index contributed by atoms with van der Waals surface area (Å²) in [6.45, 7) is 5.96. The maximum Gasteiger partial charge on any atom is 0.333 e. The lowest BCUT2D eigenvalue weighted by atomic mass is 10.1. The minimum Gasteiger partial charge on any atom is -0.284 e. The van der Waals surface area contributed by atoms with Crippen molar-refractivity contribution >= 4 is 0 Å². The third-order valence-electron chi connectivity index (χ3n) is 11.0. The highest BCUT2D eigenvalue weighted by molar-refractivity contribution is 5.55. The van der Waals surface area contributed by atoms with Gasteiger partial charge in [-0.05, 0) is 72.8 Å². The highest BCUT2D eigenvalue weighted by Crippen LogP contribution is 2.23. The summed E-state index contributed by atoms with van der Waals surface area (Å²) >= 11 is 0. The molecule has 14 heteroatoms. The van der Waals surface area contributed by atoms with Crippen LogP contribution in [-0.4, -0.2) is 50.6 Å². The van der Waals surface area contributed by atoms with Gasteiger partial charge in [0, 0.05) is 107 Å². The molecule has 8 aromatic rings. The standard InChI is InChI=1S/C48H46N10O4/c1-33-11-3-23-45(55(33)59)47-25-9-17-39(57(47)61)31-53-27-35-13-5-19-41(49-35)43-21-7-15-37(51-43)29-54(30-38-16-8-22-44(52-38)42-20-6-14-36(28-53)50-42)32-40-18-10-26-48(58(40)62)46-24-4-12-34(2)56(46)60/h3-26,59-62H,27-32H2,1-2H3/q+4. The number of pyridine rings is 8. The van der Waals surface area contributed by atoms with Gasteiger partial charge < -0.3 is 0 Å². The summed E-state index contributed by atoms with van der Waals surface area (Å²) in [5, 5.41) is 44.8. The predicted molar refractivity (Wildman–Crippen MR) is 224 cm³/mol. The van der Waals surface area contributed by atoms with Crippen molar-refractivity contribution in [2.45, 2.75) is 53.1 Å².